The number of amides is 5. The van der Waals surface area contributed by atoms with E-state index in [4.69, 9.17) is 5.11 Å². The van der Waals surface area contributed by atoms with E-state index in [1.165, 1.54) is 6.07 Å². The summed E-state index contributed by atoms with van der Waals surface area (Å²) in [6.45, 7) is 0.320. The van der Waals surface area contributed by atoms with Crippen molar-refractivity contribution in [3.8, 4) is 0 Å². The number of rotatable bonds is 5. The Bertz CT molecular complexity index is 821. The molecule has 1 aromatic rings. The molecule has 1 unspecified atom stereocenters. The van der Waals surface area contributed by atoms with Crippen molar-refractivity contribution in [2.75, 3.05) is 18.4 Å². The first-order valence-electron chi connectivity index (χ1n) is 7.95. The number of carboxylic acid groups (broad SMARTS) is 1. The van der Waals surface area contributed by atoms with Crippen LogP contribution in [0.15, 0.2) is 18.2 Å². The Kier molecular flexibility index (Phi) is 4.57. The first kappa shape index (κ1) is 17.4. The zero-order valence-electron chi connectivity index (χ0n) is 13.6. The van der Waals surface area contributed by atoms with Crippen molar-refractivity contribution in [3.05, 3.63) is 29.3 Å². The molecule has 0 bridgehead atoms. The van der Waals surface area contributed by atoms with Gasteiger partial charge >= 0.3 is 6.09 Å². The summed E-state index contributed by atoms with van der Waals surface area (Å²) in [5, 5.41) is 15.8. The molecule has 2 aliphatic heterocycles. The quantitative estimate of drug-likeness (QED) is 0.419. The Morgan fingerprint density at radius 2 is 1.96 bits per heavy atom. The van der Waals surface area contributed by atoms with Crippen LogP contribution in [0.2, 0.25) is 0 Å². The molecule has 1 atom stereocenters. The van der Waals surface area contributed by atoms with Gasteiger partial charge in [-0.1, -0.05) is 6.07 Å². The summed E-state index contributed by atoms with van der Waals surface area (Å²) in [7, 11) is 0. The zero-order chi connectivity index (χ0) is 18.8. The molecule has 10 nitrogen and oxygen atoms in total. The van der Waals surface area contributed by atoms with E-state index in [2.05, 4.69) is 16.0 Å². The lowest BCUT2D eigenvalue weighted by Crippen LogP contribution is -2.54. The van der Waals surface area contributed by atoms with Crippen molar-refractivity contribution in [1.29, 1.82) is 0 Å². The number of imide groups is 2. The lowest BCUT2D eigenvalue weighted by molar-refractivity contribution is -0.136. The second kappa shape index (κ2) is 6.82. The number of fused-ring (bicyclic) bond motifs is 1. The summed E-state index contributed by atoms with van der Waals surface area (Å²) in [4.78, 5) is 60.1. The van der Waals surface area contributed by atoms with Gasteiger partial charge in [-0.25, -0.2) is 4.79 Å². The molecule has 0 aliphatic carbocycles. The van der Waals surface area contributed by atoms with Crippen molar-refractivity contribution >= 4 is 35.4 Å². The van der Waals surface area contributed by atoms with E-state index in [9.17, 15) is 24.0 Å². The van der Waals surface area contributed by atoms with Gasteiger partial charge in [-0.15, -0.1) is 0 Å². The molecule has 2 heterocycles. The Hall–Kier alpha value is -3.43. The standard InChI is InChI=1S/C16H16N4O6/c21-11-5-4-10(13(22)19-11)20-14(23)8-2-1-3-9(12(8)15(20)24)17-6-7-18-16(25)26/h1-3,10,17-18H,4-7H2,(H,25,26)(H,19,21,22). The zero-order valence-corrected chi connectivity index (χ0v) is 13.6. The van der Waals surface area contributed by atoms with Crippen molar-refractivity contribution in [3.63, 3.8) is 0 Å². The second-order valence-electron chi connectivity index (χ2n) is 5.83. The van der Waals surface area contributed by atoms with E-state index in [0.717, 1.165) is 4.90 Å². The molecule has 0 saturated carbocycles. The molecule has 3 rings (SSSR count). The molecule has 2 aliphatic rings. The van der Waals surface area contributed by atoms with Gasteiger partial charge in [-0.3, -0.25) is 29.4 Å². The molecule has 136 valence electrons. The number of anilines is 1. The maximum absolute atomic E-state index is 12.8. The van der Waals surface area contributed by atoms with Crippen LogP contribution in [0.3, 0.4) is 0 Å². The van der Waals surface area contributed by atoms with Crippen LogP contribution in [0.5, 0.6) is 0 Å². The highest BCUT2D eigenvalue weighted by Gasteiger charge is 2.45. The van der Waals surface area contributed by atoms with Crippen LogP contribution in [-0.4, -0.2) is 58.9 Å². The number of nitrogens with one attached hydrogen (secondary N) is 3. The largest absolute Gasteiger partial charge is 0.465 e. The third kappa shape index (κ3) is 3.08. The maximum atomic E-state index is 12.8. The Morgan fingerprint density at radius 3 is 2.65 bits per heavy atom. The number of hydrogen-bond donors (Lipinski definition) is 4. The van der Waals surface area contributed by atoms with Gasteiger partial charge < -0.3 is 15.7 Å². The van der Waals surface area contributed by atoms with E-state index in [1.807, 2.05) is 0 Å². The van der Waals surface area contributed by atoms with Crippen molar-refractivity contribution in [2.45, 2.75) is 18.9 Å². The first-order chi connectivity index (χ1) is 12.4. The predicted octanol–water partition coefficient (Wildman–Crippen LogP) is -0.233. The van der Waals surface area contributed by atoms with Crippen molar-refractivity contribution in [1.82, 2.24) is 15.5 Å². The van der Waals surface area contributed by atoms with Crippen LogP contribution in [-0.2, 0) is 9.59 Å². The first-order valence-corrected chi connectivity index (χ1v) is 7.95. The van der Waals surface area contributed by atoms with Crippen LogP contribution in [0.25, 0.3) is 0 Å². The van der Waals surface area contributed by atoms with Crippen LogP contribution in [0.4, 0.5) is 10.5 Å². The fourth-order valence-corrected chi connectivity index (χ4v) is 3.03. The van der Waals surface area contributed by atoms with Crippen molar-refractivity contribution in [2.24, 2.45) is 0 Å². The molecule has 26 heavy (non-hydrogen) atoms. The Morgan fingerprint density at radius 1 is 1.19 bits per heavy atom. The van der Waals surface area contributed by atoms with E-state index in [0.29, 0.717) is 5.69 Å². The lowest BCUT2D eigenvalue weighted by atomic mass is 10.0. The van der Waals surface area contributed by atoms with Gasteiger partial charge in [0.2, 0.25) is 11.8 Å². The topological polar surface area (TPSA) is 145 Å². The normalized spacial score (nSPS) is 19.2. The summed E-state index contributed by atoms with van der Waals surface area (Å²) >= 11 is 0. The fourth-order valence-electron chi connectivity index (χ4n) is 3.03. The molecule has 0 spiro atoms. The van der Waals surface area contributed by atoms with E-state index in [1.54, 1.807) is 12.1 Å². The Labute approximate surface area is 147 Å². The van der Waals surface area contributed by atoms with E-state index >= 15 is 0 Å². The van der Waals surface area contributed by atoms with Crippen LogP contribution in [0.1, 0.15) is 33.6 Å². The lowest BCUT2D eigenvalue weighted by Gasteiger charge is -2.27. The highest BCUT2D eigenvalue weighted by molar-refractivity contribution is 6.25. The number of carbonyl (C=O) groups excluding carboxylic acids is 4. The number of nitrogens with zero attached hydrogens (tertiary/aromatic N) is 1. The summed E-state index contributed by atoms with van der Waals surface area (Å²) < 4.78 is 0. The molecule has 4 N–H and O–H groups in total. The fraction of sp³-hybridized carbons (Fsp3) is 0.312. The third-order valence-corrected chi connectivity index (χ3v) is 4.18. The van der Waals surface area contributed by atoms with Gasteiger partial charge in [0.15, 0.2) is 0 Å². The molecule has 0 aromatic heterocycles. The molecule has 1 aromatic carbocycles. The van der Waals surface area contributed by atoms with Gasteiger partial charge in [0.25, 0.3) is 11.8 Å². The molecule has 1 fully saturated rings. The van der Waals surface area contributed by atoms with Crippen LogP contribution < -0.4 is 16.0 Å². The monoisotopic (exact) mass is 360 g/mol. The van der Waals surface area contributed by atoms with Crippen LogP contribution >= 0.6 is 0 Å². The van der Waals surface area contributed by atoms with Gasteiger partial charge in [0.05, 0.1) is 11.1 Å². The number of benzene rings is 1. The number of piperidine rings is 1. The molecular formula is C16H16N4O6. The minimum absolute atomic E-state index is 0.0514. The SMILES string of the molecule is O=C(O)NCCNc1cccc2c1C(=O)N(C1CCC(=O)NC1=O)C2=O. The minimum Gasteiger partial charge on any atom is -0.465 e. The Balaban J connectivity index is 1.81. The summed E-state index contributed by atoms with van der Waals surface area (Å²) in [6, 6.07) is 3.65. The predicted molar refractivity (Wildman–Crippen MR) is 87.6 cm³/mol. The summed E-state index contributed by atoms with van der Waals surface area (Å²) in [6.07, 6.45) is -1.03. The van der Waals surface area contributed by atoms with Gasteiger partial charge in [0.1, 0.15) is 6.04 Å². The molecule has 10 heteroatoms. The smallest absolute Gasteiger partial charge is 0.404 e. The summed E-state index contributed by atoms with van der Waals surface area (Å²) in [5.41, 5.74) is 0.677. The van der Waals surface area contributed by atoms with Gasteiger partial charge in [-0.05, 0) is 18.6 Å². The molecular weight excluding hydrogens is 344 g/mol. The average Bonchev–Trinajstić information content (AvgIpc) is 2.84. The second-order valence-corrected chi connectivity index (χ2v) is 5.83. The van der Waals surface area contributed by atoms with Gasteiger partial charge in [0, 0.05) is 25.2 Å². The van der Waals surface area contributed by atoms with Crippen LogP contribution in [0, 0.1) is 0 Å². The number of hydrogen-bond acceptors (Lipinski definition) is 6. The van der Waals surface area contributed by atoms with Crippen molar-refractivity contribution < 1.29 is 29.1 Å². The highest BCUT2D eigenvalue weighted by atomic mass is 16.4. The molecule has 1 saturated heterocycles. The molecule has 5 amide bonds. The highest BCUT2D eigenvalue weighted by Crippen LogP contribution is 2.32. The third-order valence-electron chi connectivity index (χ3n) is 4.18. The summed E-state index contributed by atoms with van der Waals surface area (Å²) in [5.74, 6) is -2.31. The van der Waals surface area contributed by atoms with Gasteiger partial charge in [-0.2, -0.15) is 0 Å². The average molecular weight is 360 g/mol. The van der Waals surface area contributed by atoms with E-state index in [-0.39, 0.29) is 37.1 Å². The minimum atomic E-state index is -1.17. The maximum Gasteiger partial charge on any atom is 0.404 e. The van der Waals surface area contributed by atoms with E-state index < -0.39 is 35.8 Å². The number of carbonyl (C=O) groups is 5. The molecule has 0 radical (unpaired) electrons.